The molecule has 100 valence electrons. The summed E-state index contributed by atoms with van der Waals surface area (Å²) in [7, 11) is 0. The quantitative estimate of drug-likeness (QED) is 0.892. The second-order valence-electron chi connectivity index (χ2n) is 5.10. The summed E-state index contributed by atoms with van der Waals surface area (Å²) in [6.07, 6.45) is 3.37. The van der Waals surface area contributed by atoms with Gasteiger partial charge in [0, 0.05) is 6.61 Å². The zero-order valence-corrected chi connectivity index (χ0v) is 11.3. The molecule has 0 bridgehead atoms. The van der Waals surface area contributed by atoms with Gasteiger partial charge in [-0.1, -0.05) is 12.1 Å². The first-order chi connectivity index (χ1) is 8.65. The summed E-state index contributed by atoms with van der Waals surface area (Å²) in [6, 6.07) is 7.96. The summed E-state index contributed by atoms with van der Waals surface area (Å²) in [6.45, 7) is 5.61. The van der Waals surface area contributed by atoms with Crippen LogP contribution in [0.15, 0.2) is 24.3 Å². The largest absolute Gasteiger partial charge is 0.494 e. The number of rotatable bonds is 4. The van der Waals surface area contributed by atoms with Crippen LogP contribution in [-0.4, -0.2) is 18.8 Å². The molecule has 0 saturated carbocycles. The first kappa shape index (κ1) is 13.4. The van der Waals surface area contributed by atoms with Crippen LogP contribution in [0.3, 0.4) is 0 Å². The molecule has 2 rings (SSSR count). The molecule has 0 aromatic heterocycles. The Morgan fingerprint density at radius 2 is 2.06 bits per heavy atom. The summed E-state index contributed by atoms with van der Waals surface area (Å²) in [5.41, 5.74) is 7.25. The van der Waals surface area contributed by atoms with Crippen molar-refractivity contribution in [3.8, 4) is 5.75 Å². The highest BCUT2D eigenvalue weighted by Gasteiger charge is 2.35. The van der Waals surface area contributed by atoms with Crippen molar-refractivity contribution in [2.24, 2.45) is 5.73 Å². The predicted molar refractivity (Wildman–Crippen MR) is 72.7 cm³/mol. The van der Waals surface area contributed by atoms with Crippen molar-refractivity contribution in [3.63, 3.8) is 0 Å². The van der Waals surface area contributed by atoms with Gasteiger partial charge in [0.15, 0.2) is 0 Å². The molecule has 1 heterocycles. The summed E-state index contributed by atoms with van der Waals surface area (Å²) in [5, 5.41) is 0. The Morgan fingerprint density at radius 1 is 1.33 bits per heavy atom. The van der Waals surface area contributed by atoms with Crippen LogP contribution < -0.4 is 10.5 Å². The highest BCUT2D eigenvalue weighted by Crippen LogP contribution is 2.35. The van der Waals surface area contributed by atoms with E-state index < -0.39 is 0 Å². The number of hydrogen-bond acceptors (Lipinski definition) is 3. The minimum atomic E-state index is -0.231. The number of benzene rings is 1. The lowest BCUT2D eigenvalue weighted by atomic mass is 9.85. The second kappa shape index (κ2) is 5.72. The fourth-order valence-electron chi connectivity index (χ4n) is 2.49. The number of hydrogen-bond donors (Lipinski definition) is 1. The molecular weight excluding hydrogens is 226 g/mol. The normalized spacial score (nSPS) is 25.7. The first-order valence-corrected chi connectivity index (χ1v) is 6.78. The van der Waals surface area contributed by atoms with Crippen molar-refractivity contribution in [1.29, 1.82) is 0 Å². The molecule has 0 amide bonds. The third-order valence-corrected chi connectivity index (χ3v) is 3.71. The van der Waals surface area contributed by atoms with E-state index >= 15 is 0 Å². The van der Waals surface area contributed by atoms with E-state index in [2.05, 4.69) is 6.92 Å². The van der Waals surface area contributed by atoms with Gasteiger partial charge < -0.3 is 15.2 Å². The lowest BCUT2D eigenvalue weighted by molar-refractivity contribution is -0.0820. The maximum absolute atomic E-state index is 6.36. The minimum Gasteiger partial charge on any atom is -0.494 e. The molecule has 1 aromatic carbocycles. The SMILES string of the molecule is CCOc1ccc(C(N)C2(C)CCCCO2)cc1. The van der Waals surface area contributed by atoms with E-state index in [1.54, 1.807) is 0 Å². The van der Waals surface area contributed by atoms with Crippen molar-refractivity contribution < 1.29 is 9.47 Å². The van der Waals surface area contributed by atoms with Crippen LogP contribution >= 0.6 is 0 Å². The average Bonchev–Trinajstić information content (AvgIpc) is 2.40. The lowest BCUT2D eigenvalue weighted by Crippen LogP contribution is -2.43. The Labute approximate surface area is 109 Å². The van der Waals surface area contributed by atoms with Gasteiger partial charge in [0.25, 0.3) is 0 Å². The fraction of sp³-hybridized carbons (Fsp3) is 0.600. The highest BCUT2D eigenvalue weighted by atomic mass is 16.5. The molecule has 1 aliphatic heterocycles. The predicted octanol–water partition coefficient (Wildman–Crippen LogP) is 3.04. The zero-order chi connectivity index (χ0) is 13.0. The van der Waals surface area contributed by atoms with Crippen LogP contribution in [0.4, 0.5) is 0 Å². The molecule has 2 atom stereocenters. The van der Waals surface area contributed by atoms with E-state index in [0.29, 0.717) is 6.61 Å². The number of nitrogens with two attached hydrogens (primary N) is 1. The van der Waals surface area contributed by atoms with Crippen LogP contribution in [0.25, 0.3) is 0 Å². The summed E-state index contributed by atoms with van der Waals surface area (Å²) in [5.74, 6) is 0.892. The molecule has 1 saturated heterocycles. The van der Waals surface area contributed by atoms with E-state index in [9.17, 15) is 0 Å². The van der Waals surface area contributed by atoms with Gasteiger partial charge in [0.1, 0.15) is 5.75 Å². The summed E-state index contributed by atoms with van der Waals surface area (Å²) < 4.78 is 11.3. The molecule has 18 heavy (non-hydrogen) atoms. The average molecular weight is 249 g/mol. The molecule has 0 spiro atoms. The van der Waals surface area contributed by atoms with Crippen molar-refractivity contribution in [3.05, 3.63) is 29.8 Å². The molecule has 2 N–H and O–H groups in total. The molecule has 1 aromatic rings. The van der Waals surface area contributed by atoms with Gasteiger partial charge in [0.2, 0.25) is 0 Å². The fourth-order valence-corrected chi connectivity index (χ4v) is 2.49. The molecule has 0 aliphatic carbocycles. The van der Waals surface area contributed by atoms with E-state index in [0.717, 1.165) is 30.8 Å². The second-order valence-corrected chi connectivity index (χ2v) is 5.10. The molecule has 1 aliphatic rings. The maximum Gasteiger partial charge on any atom is 0.119 e. The minimum absolute atomic E-state index is 0.0755. The topological polar surface area (TPSA) is 44.5 Å². The van der Waals surface area contributed by atoms with Gasteiger partial charge in [-0.3, -0.25) is 0 Å². The van der Waals surface area contributed by atoms with E-state index in [1.807, 2.05) is 31.2 Å². The van der Waals surface area contributed by atoms with Gasteiger partial charge in [-0.05, 0) is 50.8 Å². The van der Waals surface area contributed by atoms with Crippen molar-refractivity contribution >= 4 is 0 Å². The van der Waals surface area contributed by atoms with Crippen LogP contribution in [-0.2, 0) is 4.74 Å². The molecular formula is C15H23NO2. The van der Waals surface area contributed by atoms with Crippen molar-refractivity contribution in [2.45, 2.75) is 44.8 Å². The molecule has 3 heteroatoms. The standard InChI is InChI=1S/C15H23NO2/c1-3-17-13-8-6-12(7-9-13)14(16)15(2)10-4-5-11-18-15/h6-9,14H,3-5,10-11,16H2,1-2H3. The summed E-state index contributed by atoms with van der Waals surface area (Å²) in [4.78, 5) is 0. The van der Waals surface area contributed by atoms with E-state index in [-0.39, 0.29) is 11.6 Å². The third kappa shape index (κ3) is 2.85. The smallest absolute Gasteiger partial charge is 0.119 e. The Hall–Kier alpha value is -1.06. The molecule has 1 fully saturated rings. The van der Waals surface area contributed by atoms with E-state index in [4.69, 9.17) is 15.2 Å². The van der Waals surface area contributed by atoms with Crippen LogP contribution in [0, 0.1) is 0 Å². The maximum atomic E-state index is 6.36. The first-order valence-electron chi connectivity index (χ1n) is 6.78. The van der Waals surface area contributed by atoms with Crippen LogP contribution in [0.2, 0.25) is 0 Å². The van der Waals surface area contributed by atoms with Gasteiger partial charge in [-0.15, -0.1) is 0 Å². The van der Waals surface area contributed by atoms with Gasteiger partial charge in [-0.25, -0.2) is 0 Å². The van der Waals surface area contributed by atoms with Crippen molar-refractivity contribution in [2.75, 3.05) is 13.2 Å². The van der Waals surface area contributed by atoms with E-state index in [1.165, 1.54) is 6.42 Å². The molecule has 3 nitrogen and oxygen atoms in total. The number of ether oxygens (including phenoxy) is 2. The van der Waals surface area contributed by atoms with Gasteiger partial charge in [0.05, 0.1) is 18.2 Å². The zero-order valence-electron chi connectivity index (χ0n) is 11.3. The van der Waals surface area contributed by atoms with Gasteiger partial charge in [-0.2, -0.15) is 0 Å². The Morgan fingerprint density at radius 3 is 2.61 bits per heavy atom. The Balaban J connectivity index is 2.09. The molecule has 0 radical (unpaired) electrons. The lowest BCUT2D eigenvalue weighted by Gasteiger charge is -2.39. The van der Waals surface area contributed by atoms with Crippen LogP contribution in [0.5, 0.6) is 5.75 Å². The Bertz CT molecular complexity index is 369. The van der Waals surface area contributed by atoms with Crippen molar-refractivity contribution in [1.82, 2.24) is 0 Å². The van der Waals surface area contributed by atoms with Gasteiger partial charge >= 0.3 is 0 Å². The third-order valence-electron chi connectivity index (χ3n) is 3.71. The molecule has 2 unspecified atom stereocenters. The van der Waals surface area contributed by atoms with Crippen LogP contribution in [0.1, 0.15) is 44.7 Å². The summed E-state index contributed by atoms with van der Waals surface area (Å²) >= 11 is 0. The highest BCUT2D eigenvalue weighted by molar-refractivity contribution is 5.30. The Kier molecular flexibility index (Phi) is 4.25. The monoisotopic (exact) mass is 249 g/mol.